The van der Waals surface area contributed by atoms with Gasteiger partial charge in [-0.25, -0.2) is 9.59 Å². The minimum absolute atomic E-state index is 0.0184. The fraction of sp³-hybridized carbons (Fsp3) is 0.292. The number of esters is 2. The standard InChI is InChI=1S/C24H24N4O6S/c1-5-33-24(31)20-14(3)26-22(35-12-19(29)27-18-10-13(2)34-28-18)17(11-25)21(20)15-6-8-16(9-7-15)23(30)32-4/h6-10,21,26H,5,12H2,1-4H3,(H,27,28,29). The molecule has 0 spiro atoms. The van der Waals surface area contributed by atoms with Gasteiger partial charge < -0.3 is 24.6 Å². The molecule has 1 amide bonds. The number of thioether (sulfide) groups is 1. The van der Waals surface area contributed by atoms with Gasteiger partial charge in [0.2, 0.25) is 5.91 Å². The molecular formula is C24H24N4O6S. The number of nitrogens with zero attached hydrogens (tertiary/aromatic N) is 2. The largest absolute Gasteiger partial charge is 0.465 e. The molecule has 1 atom stereocenters. The summed E-state index contributed by atoms with van der Waals surface area (Å²) >= 11 is 1.12. The Balaban J connectivity index is 1.93. The molecule has 11 heteroatoms. The Kier molecular flexibility index (Phi) is 8.33. The zero-order valence-electron chi connectivity index (χ0n) is 19.6. The third-order valence-electron chi connectivity index (χ3n) is 5.05. The summed E-state index contributed by atoms with van der Waals surface area (Å²) < 4.78 is 14.9. The molecule has 0 bridgehead atoms. The maximum Gasteiger partial charge on any atom is 0.337 e. The van der Waals surface area contributed by atoms with Gasteiger partial charge in [0, 0.05) is 11.8 Å². The summed E-state index contributed by atoms with van der Waals surface area (Å²) in [4.78, 5) is 37.1. The second kappa shape index (κ2) is 11.4. The Bertz CT molecular complexity index is 1240. The van der Waals surface area contributed by atoms with Gasteiger partial charge in [-0.2, -0.15) is 5.26 Å². The first-order chi connectivity index (χ1) is 16.8. The van der Waals surface area contributed by atoms with Gasteiger partial charge in [-0.15, -0.1) is 0 Å². The number of hydrogen-bond acceptors (Lipinski definition) is 10. The zero-order chi connectivity index (χ0) is 25.5. The zero-order valence-corrected chi connectivity index (χ0v) is 20.4. The molecule has 0 fully saturated rings. The molecule has 1 aliphatic heterocycles. The molecule has 0 saturated carbocycles. The summed E-state index contributed by atoms with van der Waals surface area (Å²) in [7, 11) is 1.29. The van der Waals surface area contributed by atoms with E-state index in [0.29, 0.717) is 33.4 Å². The van der Waals surface area contributed by atoms with Crippen LogP contribution in [0, 0.1) is 18.3 Å². The molecule has 2 N–H and O–H groups in total. The average molecular weight is 497 g/mol. The molecule has 0 saturated heterocycles. The highest BCUT2D eigenvalue weighted by molar-refractivity contribution is 8.03. The van der Waals surface area contributed by atoms with Crippen molar-refractivity contribution in [2.75, 3.05) is 24.8 Å². The molecular weight excluding hydrogens is 472 g/mol. The van der Waals surface area contributed by atoms with Crippen molar-refractivity contribution < 1.29 is 28.4 Å². The van der Waals surface area contributed by atoms with E-state index in [0.717, 1.165) is 11.8 Å². The summed E-state index contributed by atoms with van der Waals surface area (Å²) in [6.45, 7) is 5.27. The van der Waals surface area contributed by atoms with Crippen molar-refractivity contribution in [2.45, 2.75) is 26.7 Å². The van der Waals surface area contributed by atoms with Gasteiger partial charge in [0.25, 0.3) is 0 Å². The number of ether oxygens (including phenoxy) is 2. The third kappa shape index (κ3) is 5.91. The van der Waals surface area contributed by atoms with Gasteiger partial charge in [-0.1, -0.05) is 29.1 Å². The summed E-state index contributed by atoms with van der Waals surface area (Å²) in [5.74, 6) is -1.32. The van der Waals surface area contributed by atoms with E-state index in [4.69, 9.17) is 14.0 Å². The first kappa shape index (κ1) is 25.6. The molecule has 1 aromatic heterocycles. The number of methoxy groups -OCH3 is 1. The molecule has 1 aromatic carbocycles. The predicted molar refractivity (Wildman–Crippen MR) is 128 cm³/mol. The molecule has 1 aliphatic rings. The smallest absolute Gasteiger partial charge is 0.337 e. The lowest BCUT2D eigenvalue weighted by Crippen LogP contribution is -2.29. The number of aryl methyl sites for hydroxylation is 1. The van der Waals surface area contributed by atoms with Crippen LogP contribution < -0.4 is 10.6 Å². The number of carbonyl (C=O) groups is 3. The molecule has 3 rings (SSSR count). The first-order valence-electron chi connectivity index (χ1n) is 10.6. The number of amides is 1. The number of benzene rings is 1. The van der Waals surface area contributed by atoms with Gasteiger partial charge in [-0.3, -0.25) is 4.79 Å². The van der Waals surface area contributed by atoms with Crippen LogP contribution in [0.5, 0.6) is 0 Å². The van der Waals surface area contributed by atoms with E-state index in [-0.39, 0.29) is 29.4 Å². The van der Waals surface area contributed by atoms with Crippen molar-refractivity contribution in [1.29, 1.82) is 5.26 Å². The number of nitrogens with one attached hydrogen (secondary N) is 2. The van der Waals surface area contributed by atoms with Gasteiger partial charge in [0.1, 0.15) is 5.76 Å². The number of allylic oxidation sites excluding steroid dienone is 2. The van der Waals surface area contributed by atoms with Crippen LogP contribution in [0.3, 0.4) is 0 Å². The lowest BCUT2D eigenvalue weighted by atomic mass is 9.82. The van der Waals surface area contributed by atoms with Gasteiger partial charge >= 0.3 is 11.9 Å². The fourth-order valence-corrected chi connectivity index (χ4v) is 4.40. The first-order valence-corrected chi connectivity index (χ1v) is 11.6. The number of aromatic nitrogens is 1. The van der Waals surface area contributed by atoms with Crippen molar-refractivity contribution >= 4 is 35.4 Å². The monoisotopic (exact) mass is 496 g/mol. The van der Waals surface area contributed by atoms with E-state index in [1.165, 1.54) is 7.11 Å². The van der Waals surface area contributed by atoms with Crippen LogP contribution >= 0.6 is 11.8 Å². The summed E-state index contributed by atoms with van der Waals surface area (Å²) in [5, 5.41) is 19.9. The quantitative estimate of drug-likeness (QED) is 0.522. The topological polar surface area (TPSA) is 144 Å². The minimum atomic E-state index is -0.754. The second-order valence-electron chi connectivity index (χ2n) is 7.45. The molecule has 1 unspecified atom stereocenters. The van der Waals surface area contributed by atoms with Crippen LogP contribution in [-0.2, 0) is 19.1 Å². The second-order valence-corrected chi connectivity index (χ2v) is 8.43. The number of carbonyl (C=O) groups excluding carboxylic acids is 3. The normalized spacial score (nSPS) is 15.2. The van der Waals surface area contributed by atoms with Crippen molar-refractivity contribution in [3.05, 3.63) is 69.1 Å². The van der Waals surface area contributed by atoms with Crippen molar-refractivity contribution in [2.24, 2.45) is 0 Å². The van der Waals surface area contributed by atoms with Crippen molar-refractivity contribution in [3.63, 3.8) is 0 Å². The molecule has 182 valence electrons. The lowest BCUT2D eigenvalue weighted by molar-refractivity contribution is -0.138. The summed E-state index contributed by atoms with van der Waals surface area (Å²) in [6, 6.07) is 10.2. The van der Waals surface area contributed by atoms with Crippen molar-refractivity contribution in [3.8, 4) is 6.07 Å². The Morgan fingerprint density at radius 2 is 1.94 bits per heavy atom. The van der Waals surface area contributed by atoms with E-state index >= 15 is 0 Å². The highest BCUT2D eigenvalue weighted by Crippen LogP contribution is 2.41. The minimum Gasteiger partial charge on any atom is -0.465 e. The van der Waals surface area contributed by atoms with Crippen LogP contribution in [0.2, 0.25) is 0 Å². The Morgan fingerprint density at radius 1 is 1.23 bits per heavy atom. The van der Waals surface area contributed by atoms with E-state index in [1.54, 1.807) is 51.1 Å². The van der Waals surface area contributed by atoms with Crippen LogP contribution in [-0.4, -0.2) is 42.5 Å². The van der Waals surface area contributed by atoms with E-state index in [2.05, 4.69) is 21.9 Å². The third-order valence-corrected chi connectivity index (χ3v) is 6.07. The van der Waals surface area contributed by atoms with Gasteiger partial charge in [-0.05, 0) is 38.5 Å². The van der Waals surface area contributed by atoms with E-state index < -0.39 is 17.9 Å². The predicted octanol–water partition coefficient (Wildman–Crippen LogP) is 3.40. The molecule has 2 aromatic rings. The number of anilines is 1. The number of nitriles is 1. The average Bonchev–Trinajstić information content (AvgIpc) is 3.26. The van der Waals surface area contributed by atoms with Crippen LogP contribution in [0.15, 0.2) is 56.7 Å². The summed E-state index contributed by atoms with van der Waals surface area (Å²) in [5.41, 5.74) is 1.97. The maximum atomic E-state index is 12.8. The highest BCUT2D eigenvalue weighted by Gasteiger charge is 2.35. The van der Waals surface area contributed by atoms with E-state index in [1.807, 2.05) is 0 Å². The Hall–Kier alpha value is -4.04. The summed E-state index contributed by atoms with van der Waals surface area (Å²) in [6.07, 6.45) is 0. The SMILES string of the molecule is CCOC(=O)C1=C(C)NC(SCC(=O)Nc2cc(C)on2)=C(C#N)C1c1ccc(C(=O)OC)cc1. The number of dihydropyridines is 1. The Morgan fingerprint density at radius 3 is 2.51 bits per heavy atom. The van der Waals surface area contributed by atoms with Gasteiger partial charge in [0.15, 0.2) is 5.82 Å². The number of rotatable bonds is 8. The Labute approximate surface area is 206 Å². The molecule has 0 aliphatic carbocycles. The highest BCUT2D eigenvalue weighted by atomic mass is 32.2. The maximum absolute atomic E-state index is 12.8. The molecule has 2 heterocycles. The lowest BCUT2D eigenvalue weighted by Gasteiger charge is -2.29. The van der Waals surface area contributed by atoms with Crippen molar-refractivity contribution in [1.82, 2.24) is 10.5 Å². The fourth-order valence-electron chi connectivity index (χ4n) is 3.51. The van der Waals surface area contributed by atoms with E-state index in [9.17, 15) is 19.6 Å². The van der Waals surface area contributed by atoms with Crippen LogP contribution in [0.4, 0.5) is 5.82 Å². The van der Waals surface area contributed by atoms with Gasteiger partial charge in [0.05, 0.1) is 53.2 Å². The van der Waals surface area contributed by atoms with Crippen LogP contribution in [0.25, 0.3) is 0 Å². The molecule has 10 nitrogen and oxygen atoms in total. The molecule has 35 heavy (non-hydrogen) atoms. The molecule has 0 radical (unpaired) electrons. The van der Waals surface area contributed by atoms with Crippen LogP contribution in [0.1, 0.15) is 41.4 Å². The number of hydrogen-bond donors (Lipinski definition) is 2.